The molecule has 1 aliphatic heterocycles. The molecule has 2 aliphatic rings. The van der Waals surface area contributed by atoms with Crippen LogP contribution in [-0.4, -0.2) is 46.2 Å². The predicted octanol–water partition coefficient (Wildman–Crippen LogP) is 1.64. The van der Waals surface area contributed by atoms with Gasteiger partial charge in [-0.25, -0.2) is 0 Å². The van der Waals surface area contributed by atoms with Gasteiger partial charge in [0.25, 0.3) is 0 Å². The maximum atomic E-state index is 12.7. The number of aliphatic hydroxyl groups excluding tert-OH is 1. The van der Waals surface area contributed by atoms with Crippen molar-refractivity contribution in [2.45, 2.75) is 57.4 Å². The fourth-order valence-electron chi connectivity index (χ4n) is 3.69. The highest BCUT2D eigenvalue weighted by atomic mass is 16.4. The second-order valence-electron chi connectivity index (χ2n) is 6.03. The van der Waals surface area contributed by atoms with Crippen LogP contribution in [0.3, 0.4) is 0 Å². The Balaban J connectivity index is 2.02. The smallest absolute Gasteiger partial charge is 0.307 e. The van der Waals surface area contributed by atoms with Crippen LogP contribution in [0, 0.1) is 11.8 Å². The molecule has 0 aromatic heterocycles. The van der Waals surface area contributed by atoms with Crippen LogP contribution in [-0.2, 0) is 9.59 Å². The number of likely N-dealkylation sites (tertiary alicyclic amines) is 1. The molecule has 20 heavy (non-hydrogen) atoms. The third-order valence-electron chi connectivity index (χ3n) is 4.76. The standard InChI is InChI=1S/C15H25NO4/c17-10-4-6-11-5-3-9-16(11)14(18)12-7-1-2-8-13(12)15(19)20/h11-13,17H,1-10H2,(H,19,20). The van der Waals surface area contributed by atoms with Crippen LogP contribution >= 0.6 is 0 Å². The second kappa shape index (κ2) is 7.07. The number of hydrogen-bond acceptors (Lipinski definition) is 3. The zero-order valence-electron chi connectivity index (χ0n) is 12.0. The SMILES string of the molecule is O=C(O)C1CCCCC1C(=O)N1CCCC1CCCO. The van der Waals surface area contributed by atoms with Crippen LogP contribution in [0.4, 0.5) is 0 Å². The number of hydrogen-bond donors (Lipinski definition) is 2. The Labute approximate surface area is 120 Å². The van der Waals surface area contributed by atoms with E-state index in [0.717, 1.165) is 38.6 Å². The molecule has 5 nitrogen and oxygen atoms in total. The molecule has 1 aliphatic carbocycles. The Morgan fingerprint density at radius 1 is 1.05 bits per heavy atom. The molecular weight excluding hydrogens is 258 g/mol. The number of aliphatic hydroxyl groups is 1. The van der Waals surface area contributed by atoms with Crippen LogP contribution in [0.15, 0.2) is 0 Å². The van der Waals surface area contributed by atoms with E-state index < -0.39 is 11.9 Å². The predicted molar refractivity (Wildman–Crippen MR) is 74.1 cm³/mol. The maximum absolute atomic E-state index is 12.7. The average molecular weight is 283 g/mol. The first kappa shape index (κ1) is 15.3. The van der Waals surface area contributed by atoms with E-state index in [2.05, 4.69) is 0 Å². The van der Waals surface area contributed by atoms with E-state index in [1.165, 1.54) is 0 Å². The molecule has 0 aromatic carbocycles. The van der Waals surface area contributed by atoms with Gasteiger partial charge in [-0.1, -0.05) is 12.8 Å². The normalized spacial score (nSPS) is 30.4. The van der Waals surface area contributed by atoms with E-state index in [4.69, 9.17) is 5.11 Å². The molecule has 1 saturated heterocycles. The van der Waals surface area contributed by atoms with Gasteiger partial charge in [-0.05, 0) is 38.5 Å². The molecule has 0 bridgehead atoms. The topological polar surface area (TPSA) is 77.8 Å². The summed E-state index contributed by atoms with van der Waals surface area (Å²) in [6.45, 7) is 0.900. The molecule has 1 amide bonds. The minimum Gasteiger partial charge on any atom is -0.481 e. The third kappa shape index (κ3) is 3.32. The summed E-state index contributed by atoms with van der Waals surface area (Å²) in [4.78, 5) is 25.9. The summed E-state index contributed by atoms with van der Waals surface area (Å²) in [5.74, 6) is -1.63. The van der Waals surface area contributed by atoms with Gasteiger partial charge in [-0.2, -0.15) is 0 Å². The minimum absolute atomic E-state index is 0.0394. The van der Waals surface area contributed by atoms with Crippen molar-refractivity contribution in [3.8, 4) is 0 Å². The van der Waals surface area contributed by atoms with Gasteiger partial charge in [0.05, 0.1) is 11.8 Å². The lowest BCUT2D eigenvalue weighted by Crippen LogP contribution is -2.44. The lowest BCUT2D eigenvalue weighted by Gasteiger charge is -2.33. The summed E-state index contributed by atoms with van der Waals surface area (Å²) in [5.41, 5.74) is 0. The zero-order chi connectivity index (χ0) is 14.5. The highest BCUT2D eigenvalue weighted by Crippen LogP contribution is 2.34. The van der Waals surface area contributed by atoms with Crippen molar-refractivity contribution in [1.29, 1.82) is 0 Å². The molecule has 2 fully saturated rings. The molecule has 1 saturated carbocycles. The summed E-state index contributed by atoms with van der Waals surface area (Å²) >= 11 is 0. The lowest BCUT2D eigenvalue weighted by molar-refractivity contribution is -0.152. The van der Waals surface area contributed by atoms with Gasteiger partial charge in [0.2, 0.25) is 5.91 Å². The highest BCUT2D eigenvalue weighted by molar-refractivity contribution is 5.85. The number of amides is 1. The van der Waals surface area contributed by atoms with E-state index in [0.29, 0.717) is 19.3 Å². The van der Waals surface area contributed by atoms with Crippen molar-refractivity contribution in [2.75, 3.05) is 13.2 Å². The average Bonchev–Trinajstić information content (AvgIpc) is 2.92. The minimum atomic E-state index is -0.825. The van der Waals surface area contributed by atoms with E-state index in [1.54, 1.807) is 0 Å². The number of carboxylic acid groups (broad SMARTS) is 1. The number of carbonyl (C=O) groups is 2. The fraction of sp³-hybridized carbons (Fsp3) is 0.867. The van der Waals surface area contributed by atoms with E-state index >= 15 is 0 Å². The van der Waals surface area contributed by atoms with E-state index in [-0.39, 0.29) is 24.5 Å². The first-order valence-electron chi connectivity index (χ1n) is 7.79. The number of carbonyl (C=O) groups excluding carboxylic acids is 1. The van der Waals surface area contributed by atoms with Crippen LogP contribution in [0.1, 0.15) is 51.4 Å². The Kier molecular flexibility index (Phi) is 5.40. The van der Waals surface area contributed by atoms with Crippen molar-refractivity contribution in [3.63, 3.8) is 0 Å². The molecule has 0 spiro atoms. The Morgan fingerprint density at radius 3 is 2.40 bits per heavy atom. The molecule has 5 heteroatoms. The summed E-state index contributed by atoms with van der Waals surface area (Å²) in [6, 6.07) is 0.200. The highest BCUT2D eigenvalue weighted by Gasteiger charge is 2.40. The largest absolute Gasteiger partial charge is 0.481 e. The van der Waals surface area contributed by atoms with Crippen LogP contribution in [0.5, 0.6) is 0 Å². The molecule has 3 unspecified atom stereocenters. The molecule has 2 rings (SSSR count). The Bertz CT molecular complexity index is 358. The molecule has 3 atom stereocenters. The van der Waals surface area contributed by atoms with Crippen LogP contribution in [0.25, 0.3) is 0 Å². The van der Waals surface area contributed by atoms with Crippen molar-refractivity contribution in [2.24, 2.45) is 11.8 Å². The maximum Gasteiger partial charge on any atom is 0.307 e. The first-order valence-corrected chi connectivity index (χ1v) is 7.79. The molecular formula is C15H25NO4. The number of rotatable bonds is 5. The van der Waals surface area contributed by atoms with Crippen molar-refractivity contribution in [3.05, 3.63) is 0 Å². The first-order chi connectivity index (χ1) is 9.65. The van der Waals surface area contributed by atoms with Gasteiger partial charge in [-0.15, -0.1) is 0 Å². The third-order valence-corrected chi connectivity index (χ3v) is 4.76. The molecule has 0 radical (unpaired) electrons. The van der Waals surface area contributed by atoms with Crippen molar-refractivity contribution in [1.82, 2.24) is 4.90 Å². The number of carboxylic acids is 1. The van der Waals surface area contributed by atoms with Crippen LogP contribution in [0.2, 0.25) is 0 Å². The molecule has 114 valence electrons. The number of nitrogens with zero attached hydrogens (tertiary/aromatic N) is 1. The van der Waals surface area contributed by atoms with E-state index in [9.17, 15) is 14.7 Å². The number of aliphatic carboxylic acids is 1. The fourth-order valence-corrected chi connectivity index (χ4v) is 3.69. The van der Waals surface area contributed by atoms with Gasteiger partial charge in [-0.3, -0.25) is 9.59 Å². The second-order valence-corrected chi connectivity index (χ2v) is 6.03. The van der Waals surface area contributed by atoms with Gasteiger partial charge in [0.1, 0.15) is 0 Å². The Hall–Kier alpha value is -1.10. The van der Waals surface area contributed by atoms with Gasteiger partial charge >= 0.3 is 5.97 Å². The van der Waals surface area contributed by atoms with Crippen molar-refractivity contribution < 1.29 is 19.8 Å². The lowest BCUT2D eigenvalue weighted by atomic mass is 9.78. The zero-order valence-corrected chi connectivity index (χ0v) is 12.0. The van der Waals surface area contributed by atoms with Gasteiger partial charge in [0, 0.05) is 19.2 Å². The quantitative estimate of drug-likeness (QED) is 0.804. The molecule has 0 aromatic rings. The van der Waals surface area contributed by atoms with Gasteiger partial charge in [0.15, 0.2) is 0 Å². The van der Waals surface area contributed by atoms with E-state index in [1.807, 2.05) is 4.90 Å². The molecule has 1 heterocycles. The monoisotopic (exact) mass is 283 g/mol. The van der Waals surface area contributed by atoms with Crippen molar-refractivity contribution >= 4 is 11.9 Å². The Morgan fingerprint density at radius 2 is 1.75 bits per heavy atom. The summed E-state index contributed by atoms with van der Waals surface area (Å²) in [7, 11) is 0. The van der Waals surface area contributed by atoms with Gasteiger partial charge < -0.3 is 15.1 Å². The summed E-state index contributed by atoms with van der Waals surface area (Å²) < 4.78 is 0. The van der Waals surface area contributed by atoms with Crippen LogP contribution < -0.4 is 0 Å². The summed E-state index contributed by atoms with van der Waals surface area (Å²) in [5, 5.41) is 18.2. The molecule has 2 N–H and O–H groups in total. The summed E-state index contributed by atoms with van der Waals surface area (Å²) in [6.07, 6.45) is 6.71.